The van der Waals surface area contributed by atoms with Crippen LogP contribution in [0.15, 0.2) is 12.1 Å². The normalized spacial score (nSPS) is 28.1. The van der Waals surface area contributed by atoms with E-state index in [9.17, 15) is 8.78 Å². The van der Waals surface area contributed by atoms with Crippen molar-refractivity contribution in [2.24, 2.45) is 0 Å². The van der Waals surface area contributed by atoms with Crippen LogP contribution in [0.2, 0.25) is 0 Å². The van der Waals surface area contributed by atoms with Crippen molar-refractivity contribution >= 4 is 0 Å². The summed E-state index contributed by atoms with van der Waals surface area (Å²) >= 11 is 0. The van der Waals surface area contributed by atoms with E-state index in [0.717, 1.165) is 31.0 Å². The van der Waals surface area contributed by atoms with Crippen molar-refractivity contribution in [1.82, 2.24) is 5.32 Å². The number of halogens is 2. The average Bonchev–Trinajstić information content (AvgIpc) is 2.63. The summed E-state index contributed by atoms with van der Waals surface area (Å²) in [5.74, 6) is -1.60. The Labute approximate surface area is 86.2 Å². The summed E-state index contributed by atoms with van der Waals surface area (Å²) in [6, 6.07) is 2.80. The lowest BCUT2D eigenvalue weighted by Crippen LogP contribution is -2.36. The van der Waals surface area contributed by atoms with E-state index in [1.165, 1.54) is 0 Å². The van der Waals surface area contributed by atoms with Crippen LogP contribution in [0.25, 0.3) is 0 Å². The van der Waals surface area contributed by atoms with Gasteiger partial charge in [0.05, 0.1) is 6.04 Å². The maximum absolute atomic E-state index is 13.4. The number of fused-ring (bicyclic) bond motifs is 3. The molecule has 1 fully saturated rings. The molecule has 2 aliphatic rings. The molecule has 80 valence electrons. The van der Waals surface area contributed by atoms with Gasteiger partial charge in [0.2, 0.25) is 5.82 Å². The van der Waals surface area contributed by atoms with Gasteiger partial charge in [-0.1, -0.05) is 6.07 Å². The predicted octanol–water partition coefficient (Wildman–Crippen LogP) is 2.15. The van der Waals surface area contributed by atoms with E-state index < -0.39 is 11.6 Å². The molecule has 0 saturated carbocycles. The van der Waals surface area contributed by atoms with E-state index in [0.29, 0.717) is 0 Å². The smallest absolute Gasteiger partial charge is 0.200 e. The lowest BCUT2D eigenvalue weighted by Gasteiger charge is -2.25. The number of rotatable bonds is 0. The first-order valence-corrected chi connectivity index (χ1v) is 5.15. The first-order chi connectivity index (χ1) is 7.27. The molecule has 0 bridgehead atoms. The van der Waals surface area contributed by atoms with Crippen LogP contribution in [0.3, 0.4) is 0 Å². The van der Waals surface area contributed by atoms with Gasteiger partial charge in [0.25, 0.3) is 0 Å². The zero-order valence-corrected chi connectivity index (χ0v) is 8.09. The van der Waals surface area contributed by atoms with E-state index in [4.69, 9.17) is 4.74 Å². The van der Waals surface area contributed by atoms with Gasteiger partial charge >= 0.3 is 0 Å². The van der Waals surface area contributed by atoms with Crippen LogP contribution in [0.1, 0.15) is 24.4 Å². The lowest BCUT2D eigenvalue weighted by atomic mass is 9.97. The Morgan fingerprint density at radius 2 is 2.20 bits per heavy atom. The van der Waals surface area contributed by atoms with Gasteiger partial charge in [-0.3, -0.25) is 0 Å². The predicted molar refractivity (Wildman–Crippen MR) is 50.8 cm³/mol. The SMILES string of the molecule is Fc1ccc2c(c1F)OC1CCCN[C@@H]21. The number of nitrogens with one attached hydrogen (secondary N) is 1. The maximum Gasteiger partial charge on any atom is 0.200 e. The Morgan fingerprint density at radius 3 is 3.07 bits per heavy atom. The summed E-state index contributed by atoms with van der Waals surface area (Å²) in [5, 5.41) is 3.27. The molecule has 0 spiro atoms. The number of benzene rings is 1. The van der Waals surface area contributed by atoms with E-state index >= 15 is 0 Å². The molecule has 2 aliphatic heterocycles. The Kier molecular flexibility index (Phi) is 1.92. The molecule has 0 aliphatic carbocycles. The molecule has 0 amide bonds. The van der Waals surface area contributed by atoms with Crippen molar-refractivity contribution in [3.63, 3.8) is 0 Å². The fourth-order valence-corrected chi connectivity index (χ4v) is 2.36. The summed E-state index contributed by atoms with van der Waals surface area (Å²) in [5.41, 5.74) is 0.749. The monoisotopic (exact) mass is 211 g/mol. The molecule has 0 aromatic heterocycles. The zero-order chi connectivity index (χ0) is 10.4. The molecule has 3 rings (SSSR count). The molecule has 0 radical (unpaired) electrons. The summed E-state index contributed by atoms with van der Waals surface area (Å²) in [6.07, 6.45) is 1.87. The van der Waals surface area contributed by atoms with E-state index in [1.807, 2.05) is 0 Å². The van der Waals surface area contributed by atoms with Crippen LogP contribution in [0.5, 0.6) is 5.75 Å². The molecule has 2 nitrogen and oxygen atoms in total. The van der Waals surface area contributed by atoms with E-state index in [1.54, 1.807) is 6.07 Å². The van der Waals surface area contributed by atoms with Gasteiger partial charge in [-0.2, -0.15) is 4.39 Å². The van der Waals surface area contributed by atoms with E-state index in [2.05, 4.69) is 5.32 Å². The van der Waals surface area contributed by atoms with Gasteiger partial charge in [0.1, 0.15) is 6.10 Å². The van der Waals surface area contributed by atoms with Crippen molar-refractivity contribution in [1.29, 1.82) is 0 Å². The quantitative estimate of drug-likeness (QED) is 0.710. The second kappa shape index (κ2) is 3.17. The van der Waals surface area contributed by atoms with Crippen LogP contribution < -0.4 is 10.1 Å². The highest BCUT2D eigenvalue weighted by molar-refractivity contribution is 5.42. The number of ether oxygens (including phenoxy) is 1. The molecule has 1 aromatic rings. The number of hydrogen-bond donors (Lipinski definition) is 1. The minimum atomic E-state index is -0.858. The highest BCUT2D eigenvalue weighted by Gasteiger charge is 2.38. The van der Waals surface area contributed by atoms with Crippen LogP contribution in [-0.2, 0) is 0 Å². The molecule has 2 heterocycles. The molecule has 15 heavy (non-hydrogen) atoms. The molecule has 1 aromatic carbocycles. The van der Waals surface area contributed by atoms with Crippen LogP contribution in [-0.4, -0.2) is 12.6 Å². The molecular formula is C11H11F2NO. The lowest BCUT2D eigenvalue weighted by molar-refractivity contribution is 0.149. The van der Waals surface area contributed by atoms with Gasteiger partial charge in [0, 0.05) is 5.56 Å². The van der Waals surface area contributed by atoms with Gasteiger partial charge in [-0.25, -0.2) is 4.39 Å². The number of piperidine rings is 1. The fraction of sp³-hybridized carbons (Fsp3) is 0.455. The summed E-state index contributed by atoms with van der Waals surface area (Å²) in [7, 11) is 0. The first-order valence-electron chi connectivity index (χ1n) is 5.15. The molecule has 2 atom stereocenters. The molecule has 4 heteroatoms. The zero-order valence-electron chi connectivity index (χ0n) is 8.09. The van der Waals surface area contributed by atoms with Crippen molar-refractivity contribution < 1.29 is 13.5 Å². The molecular weight excluding hydrogens is 200 g/mol. The van der Waals surface area contributed by atoms with Gasteiger partial charge < -0.3 is 10.1 Å². The van der Waals surface area contributed by atoms with Crippen LogP contribution >= 0.6 is 0 Å². The van der Waals surface area contributed by atoms with E-state index in [-0.39, 0.29) is 17.9 Å². The number of hydrogen-bond acceptors (Lipinski definition) is 2. The van der Waals surface area contributed by atoms with Crippen LogP contribution in [0.4, 0.5) is 8.78 Å². The topological polar surface area (TPSA) is 21.3 Å². The third kappa shape index (κ3) is 1.24. The largest absolute Gasteiger partial charge is 0.485 e. The second-order valence-corrected chi connectivity index (χ2v) is 4.01. The Balaban J connectivity index is 2.07. The third-order valence-corrected chi connectivity index (χ3v) is 3.09. The highest BCUT2D eigenvalue weighted by atomic mass is 19.2. The van der Waals surface area contributed by atoms with Crippen LogP contribution in [0, 0.1) is 11.6 Å². The van der Waals surface area contributed by atoms with Crippen molar-refractivity contribution in [3.05, 3.63) is 29.3 Å². The minimum Gasteiger partial charge on any atom is -0.485 e. The van der Waals surface area contributed by atoms with Crippen molar-refractivity contribution in [2.75, 3.05) is 6.54 Å². The highest BCUT2D eigenvalue weighted by Crippen LogP contribution is 2.42. The van der Waals surface area contributed by atoms with Crippen molar-refractivity contribution in [3.8, 4) is 5.75 Å². The standard InChI is InChI=1S/C11H11F2NO/c12-7-4-3-6-10-8(2-1-5-14-10)15-11(6)9(7)13/h3-4,8,10,14H,1-2,5H2/t8?,10-/m0/s1. The fourth-order valence-electron chi connectivity index (χ4n) is 2.36. The van der Waals surface area contributed by atoms with Crippen molar-refractivity contribution in [2.45, 2.75) is 25.0 Å². The van der Waals surface area contributed by atoms with Gasteiger partial charge in [-0.15, -0.1) is 0 Å². The Morgan fingerprint density at radius 1 is 1.33 bits per heavy atom. The third-order valence-electron chi connectivity index (χ3n) is 3.09. The molecule has 1 N–H and O–H groups in total. The van der Waals surface area contributed by atoms with Gasteiger partial charge in [0.15, 0.2) is 11.6 Å². The Hall–Kier alpha value is -1.16. The second-order valence-electron chi connectivity index (χ2n) is 4.01. The summed E-state index contributed by atoms with van der Waals surface area (Å²) in [4.78, 5) is 0. The Bertz CT molecular complexity index is 408. The average molecular weight is 211 g/mol. The first kappa shape index (κ1) is 9.09. The summed E-state index contributed by atoms with van der Waals surface area (Å²) in [6.45, 7) is 0.906. The maximum atomic E-state index is 13.4. The van der Waals surface area contributed by atoms with Gasteiger partial charge in [-0.05, 0) is 25.5 Å². The summed E-state index contributed by atoms with van der Waals surface area (Å²) < 4.78 is 31.8. The minimum absolute atomic E-state index is 0.0313. The molecule has 1 unspecified atom stereocenters. The molecule has 1 saturated heterocycles.